The zero-order valence-electron chi connectivity index (χ0n) is 20.6. The number of nitrogens with zero attached hydrogens (tertiary/aromatic N) is 5. The number of rotatable bonds is 8. The Labute approximate surface area is 210 Å². The summed E-state index contributed by atoms with van der Waals surface area (Å²) in [5.74, 6) is 0.950. The highest BCUT2D eigenvalue weighted by Gasteiger charge is 2.25. The number of imidazole rings is 1. The molecule has 1 saturated heterocycles. The van der Waals surface area contributed by atoms with E-state index in [9.17, 15) is 17.6 Å². The first-order valence-corrected chi connectivity index (χ1v) is 13.8. The lowest BCUT2D eigenvalue weighted by molar-refractivity contribution is 0.0977. The molecule has 10 nitrogen and oxygen atoms in total. The molecule has 0 atom stereocenters. The molecule has 0 unspecified atom stereocenters. The van der Waals surface area contributed by atoms with Gasteiger partial charge in [-0.15, -0.1) is 0 Å². The first kappa shape index (κ1) is 25.7. The summed E-state index contributed by atoms with van der Waals surface area (Å²) >= 11 is 0. The highest BCUT2D eigenvalue weighted by Crippen LogP contribution is 2.26. The summed E-state index contributed by atoms with van der Waals surface area (Å²) in [5.41, 5.74) is 0.864. The van der Waals surface area contributed by atoms with E-state index in [2.05, 4.69) is 34.0 Å². The van der Waals surface area contributed by atoms with Crippen LogP contribution in [-0.4, -0.2) is 72.8 Å². The fourth-order valence-electron chi connectivity index (χ4n) is 4.04. The molecule has 12 heteroatoms. The van der Waals surface area contributed by atoms with Crippen molar-refractivity contribution in [2.45, 2.75) is 31.6 Å². The van der Waals surface area contributed by atoms with E-state index >= 15 is 0 Å². The number of aromatic nitrogens is 3. The van der Waals surface area contributed by atoms with Crippen molar-refractivity contribution in [2.24, 2.45) is 5.92 Å². The third-order valence-electron chi connectivity index (χ3n) is 6.05. The molecule has 1 amide bonds. The van der Waals surface area contributed by atoms with Gasteiger partial charge >= 0.3 is 6.09 Å². The molecule has 2 aromatic heterocycles. The summed E-state index contributed by atoms with van der Waals surface area (Å²) in [6.45, 7) is 6.97. The Morgan fingerprint density at radius 1 is 1.17 bits per heavy atom. The van der Waals surface area contributed by atoms with Crippen molar-refractivity contribution in [3.8, 4) is 0 Å². The van der Waals surface area contributed by atoms with Crippen LogP contribution in [0.3, 0.4) is 0 Å². The smallest absolute Gasteiger partial charge is 0.409 e. The van der Waals surface area contributed by atoms with Gasteiger partial charge < -0.3 is 19.9 Å². The Hall–Kier alpha value is -3.41. The van der Waals surface area contributed by atoms with Crippen LogP contribution in [0.1, 0.15) is 26.7 Å². The van der Waals surface area contributed by atoms with Crippen LogP contribution in [0.5, 0.6) is 0 Å². The van der Waals surface area contributed by atoms with Gasteiger partial charge in [-0.1, -0.05) is 13.8 Å². The molecule has 1 aromatic carbocycles. The standard InChI is InChI=1S/C24H31FN6O4S/c1-17(2)5-4-14-35-24(32)30-12-10-29(11-13-30)22-21-8-9-26-23(31(21)16-27-22)28-20-7-6-18(15-19(20)25)36(3,33)34/h6-9,15-17H,4-5,10-14H2,1-3H3,(H,26,28). The maximum atomic E-state index is 14.6. The molecule has 0 radical (unpaired) electrons. The van der Waals surface area contributed by atoms with Crippen molar-refractivity contribution < 1.29 is 22.3 Å². The van der Waals surface area contributed by atoms with Crippen molar-refractivity contribution >= 4 is 38.9 Å². The molecular weight excluding hydrogens is 487 g/mol. The molecule has 1 fully saturated rings. The largest absolute Gasteiger partial charge is 0.449 e. The third-order valence-corrected chi connectivity index (χ3v) is 7.16. The van der Waals surface area contributed by atoms with Gasteiger partial charge in [0.15, 0.2) is 15.7 Å². The van der Waals surface area contributed by atoms with E-state index in [0.717, 1.165) is 36.5 Å². The molecule has 0 bridgehead atoms. The van der Waals surface area contributed by atoms with Crippen LogP contribution in [0.4, 0.5) is 26.6 Å². The Kier molecular flexibility index (Phi) is 7.62. The number of fused-ring (bicyclic) bond motifs is 1. The molecule has 1 aliphatic rings. The van der Waals surface area contributed by atoms with Crippen molar-refractivity contribution in [2.75, 3.05) is 49.3 Å². The topological polar surface area (TPSA) is 109 Å². The number of benzene rings is 1. The number of piperazine rings is 1. The maximum absolute atomic E-state index is 14.6. The predicted molar refractivity (Wildman–Crippen MR) is 135 cm³/mol. The average molecular weight is 519 g/mol. The molecule has 0 saturated carbocycles. The second kappa shape index (κ2) is 10.7. The molecule has 3 heterocycles. The number of ether oxygens (including phenoxy) is 1. The summed E-state index contributed by atoms with van der Waals surface area (Å²) in [5, 5.41) is 2.92. The molecule has 194 valence electrons. The first-order chi connectivity index (χ1) is 17.1. The number of carbonyl (C=O) groups is 1. The molecule has 36 heavy (non-hydrogen) atoms. The monoisotopic (exact) mass is 518 g/mol. The Bertz CT molecular complexity index is 1340. The molecule has 1 N–H and O–H groups in total. The number of anilines is 3. The van der Waals surface area contributed by atoms with Crippen LogP contribution in [0, 0.1) is 11.7 Å². The Balaban J connectivity index is 1.42. The third kappa shape index (κ3) is 5.86. The quantitative estimate of drug-likeness (QED) is 0.450. The maximum Gasteiger partial charge on any atom is 0.409 e. The molecule has 3 aromatic rings. The van der Waals surface area contributed by atoms with Gasteiger partial charge in [-0.3, -0.25) is 4.40 Å². The molecule has 1 aliphatic heterocycles. The van der Waals surface area contributed by atoms with Gasteiger partial charge in [0, 0.05) is 38.6 Å². The van der Waals surface area contributed by atoms with Crippen molar-refractivity contribution in [3.05, 3.63) is 42.6 Å². The summed E-state index contributed by atoms with van der Waals surface area (Å²) in [4.78, 5) is 24.9. The fourth-order valence-corrected chi connectivity index (χ4v) is 4.67. The van der Waals surface area contributed by atoms with Gasteiger partial charge in [0.2, 0.25) is 5.95 Å². The summed E-state index contributed by atoms with van der Waals surface area (Å²) in [6.07, 6.45) is 5.82. The zero-order valence-corrected chi connectivity index (χ0v) is 21.5. The average Bonchev–Trinajstić information content (AvgIpc) is 3.27. The summed E-state index contributed by atoms with van der Waals surface area (Å²) < 4.78 is 45.0. The van der Waals surface area contributed by atoms with E-state index in [-0.39, 0.29) is 16.7 Å². The second-order valence-corrected chi connectivity index (χ2v) is 11.3. The summed E-state index contributed by atoms with van der Waals surface area (Å²) in [7, 11) is -3.51. The van der Waals surface area contributed by atoms with Gasteiger partial charge in [-0.05, 0) is 43.0 Å². The van der Waals surface area contributed by atoms with Gasteiger partial charge in [0.25, 0.3) is 0 Å². The van der Waals surface area contributed by atoms with E-state index in [1.807, 2.05) is 6.07 Å². The van der Waals surface area contributed by atoms with Crippen LogP contribution in [0.2, 0.25) is 0 Å². The van der Waals surface area contributed by atoms with E-state index in [1.165, 1.54) is 12.1 Å². The van der Waals surface area contributed by atoms with Crippen molar-refractivity contribution in [1.29, 1.82) is 0 Å². The second-order valence-electron chi connectivity index (χ2n) is 9.26. The first-order valence-electron chi connectivity index (χ1n) is 11.9. The predicted octanol–water partition coefficient (Wildman–Crippen LogP) is 3.71. The van der Waals surface area contributed by atoms with E-state index in [1.54, 1.807) is 21.8 Å². The van der Waals surface area contributed by atoms with Crippen molar-refractivity contribution in [3.63, 3.8) is 0 Å². The van der Waals surface area contributed by atoms with E-state index < -0.39 is 15.7 Å². The number of sulfone groups is 1. The normalized spacial score (nSPS) is 14.5. The van der Waals surface area contributed by atoms with Crippen LogP contribution < -0.4 is 10.2 Å². The molecule has 0 aliphatic carbocycles. The number of amides is 1. The SMILES string of the molecule is CC(C)CCCOC(=O)N1CCN(c2ncn3c(Nc4ccc(S(C)(=O)=O)cc4F)nccc23)CC1. The van der Waals surface area contributed by atoms with E-state index in [0.29, 0.717) is 44.7 Å². The minimum absolute atomic E-state index is 0.0955. The van der Waals surface area contributed by atoms with Gasteiger partial charge in [0.05, 0.1) is 22.7 Å². The number of carbonyl (C=O) groups excluding carboxylic acids is 1. The van der Waals surface area contributed by atoms with Crippen molar-refractivity contribution in [1.82, 2.24) is 19.3 Å². The number of nitrogens with one attached hydrogen (secondary N) is 1. The number of hydrogen-bond acceptors (Lipinski definition) is 8. The molecule has 0 spiro atoms. The van der Waals surface area contributed by atoms with Gasteiger partial charge in [-0.25, -0.2) is 27.6 Å². The van der Waals surface area contributed by atoms with Crippen LogP contribution in [0.15, 0.2) is 41.7 Å². The number of hydrogen-bond donors (Lipinski definition) is 1. The minimum atomic E-state index is -3.51. The fraction of sp³-hybridized carbons (Fsp3) is 0.458. The van der Waals surface area contributed by atoms with Crippen LogP contribution in [0.25, 0.3) is 5.52 Å². The highest BCUT2D eigenvalue weighted by atomic mass is 32.2. The van der Waals surface area contributed by atoms with Gasteiger partial charge in [0.1, 0.15) is 12.1 Å². The van der Waals surface area contributed by atoms with Gasteiger partial charge in [-0.2, -0.15) is 0 Å². The van der Waals surface area contributed by atoms with Crippen LogP contribution in [-0.2, 0) is 14.6 Å². The lowest BCUT2D eigenvalue weighted by atomic mass is 10.1. The lowest BCUT2D eigenvalue weighted by Crippen LogP contribution is -2.49. The molecular formula is C24H31FN6O4S. The minimum Gasteiger partial charge on any atom is -0.449 e. The number of halogens is 1. The zero-order chi connectivity index (χ0) is 25.9. The Morgan fingerprint density at radius 3 is 2.58 bits per heavy atom. The highest BCUT2D eigenvalue weighted by molar-refractivity contribution is 7.90. The van der Waals surface area contributed by atoms with Crippen LogP contribution >= 0.6 is 0 Å². The van der Waals surface area contributed by atoms with E-state index in [4.69, 9.17) is 4.74 Å². The summed E-state index contributed by atoms with van der Waals surface area (Å²) in [6, 6.07) is 5.50. The Morgan fingerprint density at radius 2 is 1.92 bits per heavy atom. The molecule has 4 rings (SSSR count). The lowest BCUT2D eigenvalue weighted by Gasteiger charge is -2.34.